The normalized spacial score (nSPS) is 15.2. The Morgan fingerprint density at radius 3 is 1.80 bits per heavy atom. The van der Waals surface area contributed by atoms with E-state index in [1.807, 2.05) is 0 Å². The van der Waals surface area contributed by atoms with Crippen molar-refractivity contribution in [2.45, 2.75) is 39.5 Å². The highest BCUT2D eigenvalue weighted by molar-refractivity contribution is 5.78. The summed E-state index contributed by atoms with van der Waals surface area (Å²) in [6, 6.07) is 18.0. The van der Waals surface area contributed by atoms with Crippen LogP contribution in [0.2, 0.25) is 0 Å². The van der Waals surface area contributed by atoms with E-state index in [1.54, 1.807) is 11.1 Å². The van der Waals surface area contributed by atoms with Crippen molar-refractivity contribution >= 4 is 0 Å². The molecule has 0 heteroatoms. The average Bonchev–Trinajstić information content (AvgIpc) is 2.79. The molecule has 20 heavy (non-hydrogen) atoms. The molecule has 0 heterocycles. The zero-order valence-corrected chi connectivity index (χ0v) is 12.8. The third-order valence-corrected chi connectivity index (χ3v) is 4.79. The largest absolute Gasteiger partial charge is 0.0654 e. The van der Waals surface area contributed by atoms with Crippen LogP contribution in [0.25, 0.3) is 11.1 Å². The van der Waals surface area contributed by atoms with Gasteiger partial charge in [-0.2, -0.15) is 0 Å². The molecule has 0 spiro atoms. The van der Waals surface area contributed by atoms with Crippen LogP contribution in [-0.2, 0) is 0 Å². The van der Waals surface area contributed by atoms with Gasteiger partial charge in [-0.15, -0.1) is 0 Å². The van der Waals surface area contributed by atoms with Crippen LogP contribution in [0.15, 0.2) is 48.5 Å². The number of benzene rings is 2. The van der Waals surface area contributed by atoms with Gasteiger partial charge in [-0.25, -0.2) is 0 Å². The maximum atomic E-state index is 2.38. The van der Waals surface area contributed by atoms with Gasteiger partial charge in [0.1, 0.15) is 0 Å². The Kier molecular flexibility index (Phi) is 3.65. The van der Waals surface area contributed by atoms with Crippen molar-refractivity contribution in [3.8, 4) is 11.1 Å². The maximum Gasteiger partial charge on any atom is 0.0132 e. The molecule has 2 aromatic carbocycles. The van der Waals surface area contributed by atoms with Gasteiger partial charge in [0, 0.05) is 5.92 Å². The molecule has 0 aliphatic heterocycles. The number of rotatable bonds is 4. The van der Waals surface area contributed by atoms with Crippen LogP contribution in [0.5, 0.6) is 0 Å². The summed E-state index contributed by atoms with van der Waals surface area (Å²) in [5.41, 5.74) is 5.99. The predicted octanol–water partition coefficient (Wildman–Crippen LogP) is 5.87. The Balaban J connectivity index is 2.15. The van der Waals surface area contributed by atoms with Gasteiger partial charge < -0.3 is 0 Å². The number of hydrogen-bond acceptors (Lipinski definition) is 0. The van der Waals surface area contributed by atoms with Gasteiger partial charge in [-0.3, -0.25) is 0 Å². The standard InChI is InChI=1S/C20H24/c1-4-9-15(14(2)3)20-18-12-7-5-10-16(18)17-11-6-8-13-19(17)20/h5-8,10-15,20H,4,9H2,1-3H3. The van der Waals surface area contributed by atoms with Crippen LogP contribution < -0.4 is 0 Å². The third kappa shape index (κ3) is 2.08. The molecule has 0 fully saturated rings. The lowest BCUT2D eigenvalue weighted by atomic mass is 9.75. The average molecular weight is 264 g/mol. The number of fused-ring (bicyclic) bond motifs is 3. The van der Waals surface area contributed by atoms with E-state index in [0.717, 1.165) is 11.8 Å². The van der Waals surface area contributed by atoms with Crippen molar-refractivity contribution in [2.24, 2.45) is 11.8 Å². The summed E-state index contributed by atoms with van der Waals surface area (Å²) in [4.78, 5) is 0. The Hall–Kier alpha value is -1.56. The van der Waals surface area contributed by atoms with Crippen molar-refractivity contribution in [1.29, 1.82) is 0 Å². The van der Waals surface area contributed by atoms with Gasteiger partial charge in [-0.05, 0) is 40.5 Å². The fourth-order valence-electron chi connectivity index (χ4n) is 3.87. The van der Waals surface area contributed by atoms with Crippen LogP contribution >= 0.6 is 0 Å². The smallest absolute Gasteiger partial charge is 0.0132 e. The molecule has 2 aromatic rings. The van der Waals surface area contributed by atoms with Crippen molar-refractivity contribution < 1.29 is 0 Å². The van der Waals surface area contributed by atoms with Crippen LogP contribution in [0, 0.1) is 11.8 Å². The topological polar surface area (TPSA) is 0 Å². The molecule has 0 saturated heterocycles. The third-order valence-electron chi connectivity index (χ3n) is 4.79. The zero-order chi connectivity index (χ0) is 14.1. The summed E-state index contributed by atoms with van der Waals surface area (Å²) in [5, 5.41) is 0. The minimum absolute atomic E-state index is 0.586. The molecule has 0 aromatic heterocycles. The lowest BCUT2D eigenvalue weighted by Crippen LogP contribution is -2.18. The SMILES string of the molecule is CCCC(C(C)C)C1c2ccccc2-c2ccccc21. The summed E-state index contributed by atoms with van der Waals surface area (Å²) in [6.45, 7) is 7.07. The van der Waals surface area contributed by atoms with Gasteiger partial charge in [0.2, 0.25) is 0 Å². The summed E-state index contributed by atoms with van der Waals surface area (Å²) in [5.74, 6) is 2.05. The first-order valence-electron chi connectivity index (χ1n) is 7.92. The van der Waals surface area contributed by atoms with Gasteiger partial charge in [0.15, 0.2) is 0 Å². The molecule has 0 nitrogen and oxygen atoms in total. The van der Waals surface area contributed by atoms with Crippen molar-refractivity contribution in [1.82, 2.24) is 0 Å². The Morgan fingerprint density at radius 2 is 1.35 bits per heavy atom. The minimum Gasteiger partial charge on any atom is -0.0654 e. The highest BCUT2D eigenvalue weighted by Gasteiger charge is 2.34. The molecule has 0 bridgehead atoms. The zero-order valence-electron chi connectivity index (χ0n) is 12.8. The van der Waals surface area contributed by atoms with E-state index < -0.39 is 0 Å². The summed E-state index contributed by atoms with van der Waals surface area (Å²) in [7, 11) is 0. The van der Waals surface area contributed by atoms with E-state index in [4.69, 9.17) is 0 Å². The van der Waals surface area contributed by atoms with E-state index in [2.05, 4.69) is 69.3 Å². The lowest BCUT2D eigenvalue weighted by Gasteiger charge is -2.28. The van der Waals surface area contributed by atoms with Gasteiger partial charge in [0.05, 0.1) is 0 Å². The molecular formula is C20H24. The summed E-state index contributed by atoms with van der Waals surface area (Å²) in [6.07, 6.45) is 2.58. The molecule has 0 N–H and O–H groups in total. The minimum atomic E-state index is 0.586. The Morgan fingerprint density at radius 1 is 0.850 bits per heavy atom. The molecule has 1 atom stereocenters. The molecule has 1 aliphatic rings. The van der Waals surface area contributed by atoms with Crippen LogP contribution in [0.3, 0.4) is 0 Å². The maximum absolute atomic E-state index is 2.38. The van der Waals surface area contributed by atoms with Gasteiger partial charge in [-0.1, -0.05) is 75.7 Å². The van der Waals surface area contributed by atoms with Crippen molar-refractivity contribution in [3.05, 3.63) is 59.7 Å². The van der Waals surface area contributed by atoms with E-state index in [1.165, 1.54) is 24.0 Å². The van der Waals surface area contributed by atoms with Crippen molar-refractivity contribution in [2.75, 3.05) is 0 Å². The fraction of sp³-hybridized carbons (Fsp3) is 0.400. The summed E-state index contributed by atoms with van der Waals surface area (Å²) < 4.78 is 0. The molecular weight excluding hydrogens is 240 g/mol. The van der Waals surface area contributed by atoms with Gasteiger partial charge in [0.25, 0.3) is 0 Å². The second-order valence-corrected chi connectivity index (χ2v) is 6.35. The van der Waals surface area contributed by atoms with Gasteiger partial charge >= 0.3 is 0 Å². The molecule has 3 rings (SSSR count). The van der Waals surface area contributed by atoms with Crippen LogP contribution in [0.1, 0.15) is 50.7 Å². The van der Waals surface area contributed by atoms with E-state index in [0.29, 0.717) is 5.92 Å². The first-order valence-corrected chi connectivity index (χ1v) is 7.92. The molecule has 104 valence electrons. The Labute approximate surface area is 122 Å². The predicted molar refractivity (Wildman–Crippen MR) is 87.0 cm³/mol. The first kappa shape index (κ1) is 13.4. The first-order chi connectivity index (χ1) is 9.74. The van der Waals surface area contributed by atoms with E-state index in [9.17, 15) is 0 Å². The molecule has 0 saturated carbocycles. The highest BCUT2D eigenvalue weighted by Crippen LogP contribution is 2.50. The fourth-order valence-corrected chi connectivity index (χ4v) is 3.87. The second kappa shape index (κ2) is 5.44. The number of hydrogen-bond donors (Lipinski definition) is 0. The second-order valence-electron chi connectivity index (χ2n) is 6.35. The van der Waals surface area contributed by atoms with E-state index in [-0.39, 0.29) is 0 Å². The highest BCUT2D eigenvalue weighted by atomic mass is 14.4. The van der Waals surface area contributed by atoms with Crippen molar-refractivity contribution in [3.63, 3.8) is 0 Å². The van der Waals surface area contributed by atoms with Crippen LogP contribution in [-0.4, -0.2) is 0 Å². The van der Waals surface area contributed by atoms with Crippen LogP contribution in [0.4, 0.5) is 0 Å². The molecule has 0 radical (unpaired) electrons. The Bertz CT molecular complexity index is 549. The monoisotopic (exact) mass is 264 g/mol. The lowest BCUT2D eigenvalue weighted by molar-refractivity contribution is 0.323. The quantitative estimate of drug-likeness (QED) is 0.647. The molecule has 1 unspecified atom stereocenters. The molecule has 1 aliphatic carbocycles. The summed E-state index contributed by atoms with van der Waals surface area (Å²) >= 11 is 0. The molecule has 0 amide bonds. The van der Waals surface area contributed by atoms with E-state index >= 15 is 0 Å².